The van der Waals surface area contributed by atoms with Crippen LogP contribution in [0.15, 0.2) is 47.7 Å². The molecular weight excluding hydrogens is 406 g/mol. The van der Waals surface area contributed by atoms with Crippen LogP contribution in [0.1, 0.15) is 38.3 Å². The predicted octanol–water partition coefficient (Wildman–Crippen LogP) is 4.72. The predicted molar refractivity (Wildman–Crippen MR) is 123 cm³/mol. The summed E-state index contributed by atoms with van der Waals surface area (Å²) in [5.74, 6) is 2.50. The average molecular weight is 434 g/mol. The molecule has 0 bridgehead atoms. The van der Waals surface area contributed by atoms with Gasteiger partial charge in [0.1, 0.15) is 0 Å². The molecule has 2 heterocycles. The number of carbonyl (C=O) groups excluding carboxylic acids is 1. The lowest BCUT2D eigenvalue weighted by molar-refractivity contribution is -0.118. The van der Waals surface area contributed by atoms with E-state index in [1.807, 2.05) is 36.4 Å². The highest BCUT2D eigenvalue weighted by molar-refractivity contribution is 6.01. The highest BCUT2D eigenvalue weighted by Gasteiger charge is 2.42. The Hall–Kier alpha value is -3.48. The molecule has 0 radical (unpaired) electrons. The summed E-state index contributed by atoms with van der Waals surface area (Å²) < 4.78 is 18.9. The van der Waals surface area contributed by atoms with Crippen LogP contribution in [-0.4, -0.2) is 36.7 Å². The lowest BCUT2D eigenvalue weighted by Gasteiger charge is -2.39. The maximum absolute atomic E-state index is 13.5. The fourth-order valence-corrected chi connectivity index (χ4v) is 5.00. The van der Waals surface area contributed by atoms with Crippen molar-refractivity contribution in [1.82, 2.24) is 9.55 Å². The van der Waals surface area contributed by atoms with Gasteiger partial charge in [-0.1, -0.05) is 26.0 Å². The minimum absolute atomic E-state index is 0.114. The fraction of sp³-hybridized carbons (Fsp3) is 0.360. The molecule has 166 valence electrons. The molecule has 2 aromatic carbocycles. The Labute approximate surface area is 187 Å². The lowest BCUT2D eigenvalue weighted by atomic mass is 9.73. The van der Waals surface area contributed by atoms with Crippen molar-refractivity contribution >= 4 is 22.8 Å². The molecule has 0 saturated heterocycles. The molecule has 0 saturated carbocycles. The summed E-state index contributed by atoms with van der Waals surface area (Å²) in [6, 6.07) is 11.5. The third-order valence-corrected chi connectivity index (χ3v) is 6.31. The number of para-hydroxylation sites is 2. The first-order valence-corrected chi connectivity index (χ1v) is 10.7. The Morgan fingerprint density at radius 2 is 1.72 bits per heavy atom. The highest BCUT2D eigenvalue weighted by Crippen LogP contribution is 2.49. The summed E-state index contributed by atoms with van der Waals surface area (Å²) in [5.41, 5.74) is 4.31. The fourth-order valence-electron chi connectivity index (χ4n) is 5.00. The number of methoxy groups -OCH3 is 3. The van der Waals surface area contributed by atoms with Gasteiger partial charge < -0.3 is 19.5 Å². The molecule has 1 atom stereocenters. The van der Waals surface area contributed by atoms with Gasteiger partial charge in [0.25, 0.3) is 0 Å². The van der Waals surface area contributed by atoms with Crippen LogP contribution in [0.3, 0.4) is 0 Å². The van der Waals surface area contributed by atoms with Gasteiger partial charge in [-0.15, -0.1) is 0 Å². The summed E-state index contributed by atoms with van der Waals surface area (Å²) in [4.78, 5) is 18.3. The summed E-state index contributed by atoms with van der Waals surface area (Å²) in [5, 5.41) is 3.48. The minimum atomic E-state index is -0.356. The quantitative estimate of drug-likeness (QED) is 0.642. The molecule has 1 N–H and O–H groups in total. The number of Topliss-reactive ketones (excluding diaryl/α,β-unsaturated/α-hetero) is 1. The number of fused-ring (bicyclic) bond motifs is 3. The number of imidazole rings is 1. The third-order valence-electron chi connectivity index (χ3n) is 6.31. The van der Waals surface area contributed by atoms with E-state index in [1.165, 1.54) is 0 Å². The zero-order chi connectivity index (χ0) is 22.6. The van der Waals surface area contributed by atoms with Crippen molar-refractivity contribution in [2.24, 2.45) is 5.41 Å². The van der Waals surface area contributed by atoms with E-state index in [-0.39, 0.29) is 17.2 Å². The van der Waals surface area contributed by atoms with E-state index in [9.17, 15) is 4.79 Å². The van der Waals surface area contributed by atoms with Crippen LogP contribution in [-0.2, 0) is 4.79 Å². The Morgan fingerprint density at radius 3 is 2.38 bits per heavy atom. The van der Waals surface area contributed by atoms with Gasteiger partial charge in [0.05, 0.1) is 38.4 Å². The summed E-state index contributed by atoms with van der Waals surface area (Å²) in [6.07, 6.45) is 1.27. The zero-order valence-corrected chi connectivity index (χ0v) is 19.0. The first-order valence-electron chi connectivity index (χ1n) is 10.7. The number of allylic oxidation sites excluding steroid dienone is 2. The molecular formula is C25H27N3O4. The van der Waals surface area contributed by atoms with E-state index in [4.69, 9.17) is 19.2 Å². The molecule has 32 heavy (non-hydrogen) atoms. The average Bonchev–Trinajstić information content (AvgIpc) is 3.13. The maximum Gasteiger partial charge on any atom is 0.209 e. The van der Waals surface area contributed by atoms with E-state index in [1.54, 1.807) is 21.3 Å². The van der Waals surface area contributed by atoms with E-state index >= 15 is 0 Å². The lowest BCUT2D eigenvalue weighted by Crippen LogP contribution is -2.36. The second-order valence-corrected chi connectivity index (χ2v) is 9.11. The second-order valence-electron chi connectivity index (χ2n) is 9.11. The molecule has 0 spiro atoms. The van der Waals surface area contributed by atoms with E-state index in [0.29, 0.717) is 23.7 Å². The number of ketones is 1. The van der Waals surface area contributed by atoms with Crippen molar-refractivity contribution in [2.75, 3.05) is 26.6 Å². The van der Waals surface area contributed by atoms with Crippen LogP contribution in [0, 0.1) is 5.41 Å². The Balaban J connectivity index is 1.81. The van der Waals surface area contributed by atoms with Gasteiger partial charge in [0, 0.05) is 17.7 Å². The van der Waals surface area contributed by atoms with Crippen molar-refractivity contribution < 1.29 is 19.0 Å². The van der Waals surface area contributed by atoms with E-state index in [0.717, 1.165) is 40.2 Å². The summed E-state index contributed by atoms with van der Waals surface area (Å²) in [7, 11) is 4.78. The standard InChI is InChI=1S/C25H27N3O4/c1-25(2)12-16-21(18(29)13-25)22(14-10-19(30-3)23(32-5)20(11-14)31-4)28-17-9-7-6-8-15(17)26-24(28)27-16/h6-11,22H,12-13H2,1-5H3,(H,26,27). The molecule has 1 aromatic heterocycles. The van der Waals surface area contributed by atoms with Crippen molar-refractivity contribution in [2.45, 2.75) is 32.7 Å². The Morgan fingerprint density at radius 1 is 1.03 bits per heavy atom. The zero-order valence-electron chi connectivity index (χ0n) is 19.0. The molecule has 0 fully saturated rings. The topological polar surface area (TPSA) is 74.6 Å². The van der Waals surface area contributed by atoms with Gasteiger partial charge in [-0.3, -0.25) is 9.36 Å². The molecule has 0 amide bonds. The molecule has 7 nitrogen and oxygen atoms in total. The van der Waals surface area contributed by atoms with Crippen LogP contribution in [0.2, 0.25) is 0 Å². The van der Waals surface area contributed by atoms with Gasteiger partial charge in [-0.25, -0.2) is 4.98 Å². The van der Waals surface area contributed by atoms with Crippen LogP contribution < -0.4 is 19.5 Å². The molecule has 1 aliphatic heterocycles. The number of nitrogens with one attached hydrogen (secondary N) is 1. The molecule has 1 unspecified atom stereocenters. The SMILES string of the molecule is COc1cc(C2C3=C(CC(C)(C)CC3=O)Nc3nc4ccccc4n32)cc(OC)c1OC. The van der Waals surface area contributed by atoms with Crippen LogP contribution in [0.4, 0.5) is 5.95 Å². The Kier molecular flexibility index (Phi) is 4.65. The van der Waals surface area contributed by atoms with Gasteiger partial charge in [-0.05, 0) is 41.7 Å². The number of anilines is 1. The van der Waals surface area contributed by atoms with Gasteiger partial charge in [-0.2, -0.15) is 0 Å². The monoisotopic (exact) mass is 433 g/mol. The van der Waals surface area contributed by atoms with Gasteiger partial charge >= 0.3 is 0 Å². The van der Waals surface area contributed by atoms with Crippen LogP contribution >= 0.6 is 0 Å². The molecule has 2 aliphatic rings. The molecule has 7 heteroatoms. The molecule has 1 aliphatic carbocycles. The highest BCUT2D eigenvalue weighted by atomic mass is 16.5. The normalized spacial score (nSPS) is 19.3. The van der Waals surface area contributed by atoms with Crippen molar-refractivity contribution in [3.63, 3.8) is 0 Å². The maximum atomic E-state index is 13.5. The Bertz CT molecular complexity index is 1250. The van der Waals surface area contributed by atoms with Crippen molar-refractivity contribution in [1.29, 1.82) is 0 Å². The smallest absolute Gasteiger partial charge is 0.209 e. The van der Waals surface area contributed by atoms with E-state index < -0.39 is 0 Å². The third kappa shape index (κ3) is 3.03. The first-order chi connectivity index (χ1) is 15.4. The number of hydrogen-bond acceptors (Lipinski definition) is 6. The molecule has 5 rings (SSSR count). The number of aromatic nitrogens is 2. The number of ether oxygens (including phenoxy) is 3. The minimum Gasteiger partial charge on any atom is -0.493 e. The number of rotatable bonds is 4. The number of benzene rings is 2. The van der Waals surface area contributed by atoms with Crippen LogP contribution in [0.25, 0.3) is 11.0 Å². The first kappa shape index (κ1) is 20.4. The summed E-state index contributed by atoms with van der Waals surface area (Å²) in [6.45, 7) is 4.25. The van der Waals surface area contributed by atoms with Crippen molar-refractivity contribution in [3.8, 4) is 17.2 Å². The summed E-state index contributed by atoms with van der Waals surface area (Å²) >= 11 is 0. The van der Waals surface area contributed by atoms with E-state index in [2.05, 4.69) is 23.7 Å². The van der Waals surface area contributed by atoms with Gasteiger partial charge in [0.2, 0.25) is 11.7 Å². The van der Waals surface area contributed by atoms with Crippen LogP contribution in [0.5, 0.6) is 17.2 Å². The number of carbonyl (C=O) groups is 1. The second kappa shape index (κ2) is 7.29. The molecule has 3 aromatic rings. The van der Waals surface area contributed by atoms with Crippen molar-refractivity contribution in [3.05, 3.63) is 53.2 Å². The number of nitrogens with zero attached hydrogens (tertiary/aromatic N) is 2. The largest absolute Gasteiger partial charge is 0.493 e. The number of hydrogen-bond donors (Lipinski definition) is 1. The van der Waals surface area contributed by atoms with Gasteiger partial charge in [0.15, 0.2) is 17.3 Å².